The molecule has 1 atom stereocenters. The molecule has 0 aliphatic carbocycles. The minimum absolute atomic E-state index is 0.129. The molecule has 0 saturated carbocycles. The molecule has 9 heteroatoms. The largest absolute Gasteiger partial charge is 0.269 e. The van der Waals surface area contributed by atoms with Gasteiger partial charge in [0.2, 0.25) is 10.0 Å². The third kappa shape index (κ3) is 2.31. The second kappa shape index (κ2) is 5.11. The van der Waals surface area contributed by atoms with Gasteiger partial charge in [-0.2, -0.15) is 13.8 Å². The van der Waals surface area contributed by atoms with E-state index in [1.165, 1.54) is 0 Å². The molecule has 22 heavy (non-hydrogen) atoms. The van der Waals surface area contributed by atoms with Gasteiger partial charge >= 0.3 is 0 Å². The first kappa shape index (κ1) is 13.8. The zero-order chi connectivity index (χ0) is 15.2. The number of aryl methyl sites for hydroxylation is 1. The topological polar surface area (TPSA) is 89.8 Å². The summed E-state index contributed by atoms with van der Waals surface area (Å²) in [5, 5.41) is 4.20. The summed E-state index contributed by atoms with van der Waals surface area (Å²) in [6.07, 6.45) is 3.11. The van der Waals surface area contributed by atoms with Crippen LogP contribution in [-0.2, 0) is 23.0 Å². The van der Waals surface area contributed by atoms with Crippen molar-refractivity contribution >= 4 is 32.8 Å². The van der Waals surface area contributed by atoms with E-state index in [0.717, 1.165) is 30.4 Å². The summed E-state index contributed by atoms with van der Waals surface area (Å²) in [7, 11) is -3.62. The molecule has 1 aliphatic rings. The Labute approximate surface area is 131 Å². The van der Waals surface area contributed by atoms with Crippen molar-refractivity contribution in [1.29, 1.82) is 0 Å². The van der Waals surface area contributed by atoms with Crippen molar-refractivity contribution in [1.82, 2.24) is 23.2 Å². The average molecular weight is 335 g/mol. The summed E-state index contributed by atoms with van der Waals surface area (Å²) in [5.74, 6) is 0. The molecular weight excluding hydrogens is 322 g/mol. The fourth-order valence-electron chi connectivity index (χ4n) is 2.75. The summed E-state index contributed by atoms with van der Waals surface area (Å²) < 4.78 is 38.2. The van der Waals surface area contributed by atoms with Crippen molar-refractivity contribution in [2.24, 2.45) is 0 Å². The third-order valence-corrected chi connectivity index (χ3v) is 5.90. The number of nitrogens with one attached hydrogen (secondary N) is 1. The van der Waals surface area contributed by atoms with Gasteiger partial charge in [-0.15, -0.1) is 0 Å². The van der Waals surface area contributed by atoms with E-state index in [1.807, 2.05) is 10.7 Å². The van der Waals surface area contributed by atoms with E-state index in [-0.39, 0.29) is 10.9 Å². The Balaban J connectivity index is 1.64. The number of nitrogens with zero attached hydrogens (tertiary/aromatic N) is 4. The zero-order valence-electron chi connectivity index (χ0n) is 11.5. The van der Waals surface area contributed by atoms with Gasteiger partial charge in [0, 0.05) is 30.9 Å². The third-order valence-electron chi connectivity index (χ3n) is 3.81. The molecule has 0 fully saturated rings. The molecule has 0 radical (unpaired) electrons. The number of sulfonamides is 1. The summed E-state index contributed by atoms with van der Waals surface area (Å²) in [6, 6.07) is 6.81. The van der Waals surface area contributed by atoms with Crippen LogP contribution < -0.4 is 4.72 Å². The molecule has 3 heterocycles. The van der Waals surface area contributed by atoms with Gasteiger partial charge in [-0.25, -0.2) is 13.1 Å². The van der Waals surface area contributed by atoms with Crippen molar-refractivity contribution in [2.45, 2.75) is 30.3 Å². The van der Waals surface area contributed by atoms with Crippen molar-refractivity contribution in [3.63, 3.8) is 0 Å². The van der Waals surface area contributed by atoms with E-state index < -0.39 is 10.0 Å². The molecule has 114 valence electrons. The maximum Gasteiger partial charge on any atom is 0.243 e. The minimum Gasteiger partial charge on any atom is -0.269 e. The van der Waals surface area contributed by atoms with Crippen LogP contribution in [-0.4, -0.2) is 33.0 Å². The lowest BCUT2D eigenvalue weighted by atomic mass is 10.1. The van der Waals surface area contributed by atoms with Gasteiger partial charge in [0.15, 0.2) is 0 Å². The lowest BCUT2D eigenvalue weighted by Crippen LogP contribution is -2.40. The highest BCUT2D eigenvalue weighted by Crippen LogP contribution is 2.22. The second-order valence-corrected chi connectivity index (χ2v) is 7.46. The lowest BCUT2D eigenvalue weighted by molar-refractivity contribution is 0.414. The van der Waals surface area contributed by atoms with Crippen LogP contribution in [0.1, 0.15) is 12.1 Å². The van der Waals surface area contributed by atoms with Gasteiger partial charge in [-0.3, -0.25) is 4.68 Å². The Hall–Kier alpha value is -1.84. The molecule has 0 saturated heterocycles. The van der Waals surface area contributed by atoms with Crippen molar-refractivity contribution in [3.8, 4) is 0 Å². The van der Waals surface area contributed by atoms with Crippen LogP contribution in [0.5, 0.6) is 0 Å². The summed E-state index contributed by atoms with van der Waals surface area (Å²) >= 11 is 1.02. The smallest absolute Gasteiger partial charge is 0.243 e. The lowest BCUT2D eigenvalue weighted by Gasteiger charge is -2.24. The predicted molar refractivity (Wildman–Crippen MR) is 82.1 cm³/mol. The molecule has 0 bridgehead atoms. The normalized spacial score (nSPS) is 18.5. The molecule has 0 amide bonds. The standard InChI is InChI=1S/C13H13N5O2S2/c19-22(20,12-3-1-2-11-13(12)16-21-15-11)17-9-5-7-18-10(8-9)4-6-14-18/h1-4,6,9,17H,5,7-8H2. The van der Waals surface area contributed by atoms with Crippen molar-refractivity contribution in [3.05, 3.63) is 36.2 Å². The van der Waals surface area contributed by atoms with Gasteiger partial charge in [-0.1, -0.05) is 6.07 Å². The first-order chi connectivity index (χ1) is 10.6. The highest BCUT2D eigenvalue weighted by Gasteiger charge is 2.26. The Bertz CT molecular complexity index is 931. The van der Waals surface area contributed by atoms with Gasteiger partial charge in [-0.05, 0) is 24.6 Å². The number of hydrogen-bond donors (Lipinski definition) is 1. The summed E-state index contributed by atoms with van der Waals surface area (Å²) in [5.41, 5.74) is 2.09. The molecule has 1 N–H and O–H groups in total. The first-order valence-electron chi connectivity index (χ1n) is 6.88. The quantitative estimate of drug-likeness (QED) is 0.776. The van der Waals surface area contributed by atoms with Crippen molar-refractivity contribution < 1.29 is 8.42 Å². The monoisotopic (exact) mass is 335 g/mol. The number of hydrogen-bond acceptors (Lipinski definition) is 6. The number of fused-ring (bicyclic) bond motifs is 2. The van der Waals surface area contributed by atoms with Crippen LogP contribution in [0.15, 0.2) is 35.4 Å². The van der Waals surface area contributed by atoms with Gasteiger partial charge in [0.1, 0.15) is 15.9 Å². The number of rotatable bonds is 3. The van der Waals surface area contributed by atoms with Gasteiger partial charge < -0.3 is 0 Å². The summed E-state index contributed by atoms with van der Waals surface area (Å²) in [6.45, 7) is 0.720. The SMILES string of the molecule is O=S(=O)(NC1CCn2nccc2C1)c1cccc2nsnc12. The maximum absolute atomic E-state index is 12.7. The van der Waals surface area contributed by atoms with Crippen LogP contribution >= 0.6 is 11.7 Å². The molecule has 1 aromatic carbocycles. The average Bonchev–Trinajstić information content (AvgIpc) is 3.14. The molecule has 7 nitrogen and oxygen atoms in total. The van der Waals surface area contributed by atoms with Crippen LogP contribution in [0.2, 0.25) is 0 Å². The van der Waals surface area contributed by atoms with E-state index in [4.69, 9.17) is 0 Å². The molecule has 3 aromatic rings. The minimum atomic E-state index is -3.62. The van der Waals surface area contributed by atoms with E-state index in [1.54, 1.807) is 24.4 Å². The Morgan fingerprint density at radius 3 is 3.09 bits per heavy atom. The number of benzene rings is 1. The maximum atomic E-state index is 12.7. The summed E-state index contributed by atoms with van der Waals surface area (Å²) in [4.78, 5) is 0.192. The number of aromatic nitrogens is 4. The van der Waals surface area contributed by atoms with E-state index in [0.29, 0.717) is 17.5 Å². The Morgan fingerprint density at radius 2 is 2.18 bits per heavy atom. The van der Waals surface area contributed by atoms with E-state index in [2.05, 4.69) is 18.6 Å². The van der Waals surface area contributed by atoms with Gasteiger partial charge in [0.05, 0.1) is 11.7 Å². The van der Waals surface area contributed by atoms with Crippen LogP contribution in [0.25, 0.3) is 11.0 Å². The molecule has 1 aliphatic heterocycles. The van der Waals surface area contributed by atoms with E-state index in [9.17, 15) is 8.42 Å². The molecule has 4 rings (SSSR count). The zero-order valence-corrected chi connectivity index (χ0v) is 13.1. The molecular formula is C13H13N5O2S2. The van der Waals surface area contributed by atoms with Crippen molar-refractivity contribution in [2.75, 3.05) is 0 Å². The fraction of sp³-hybridized carbons (Fsp3) is 0.308. The predicted octanol–water partition coefficient (Wildman–Crippen LogP) is 1.18. The van der Waals surface area contributed by atoms with Crippen LogP contribution in [0, 0.1) is 0 Å². The highest BCUT2D eigenvalue weighted by molar-refractivity contribution is 7.89. The second-order valence-electron chi connectivity index (χ2n) is 5.24. The molecule has 0 spiro atoms. The van der Waals surface area contributed by atoms with Crippen LogP contribution in [0.4, 0.5) is 0 Å². The fourth-order valence-corrected chi connectivity index (χ4v) is 4.79. The molecule has 1 unspecified atom stereocenters. The Morgan fingerprint density at radius 1 is 1.27 bits per heavy atom. The van der Waals surface area contributed by atoms with Crippen LogP contribution in [0.3, 0.4) is 0 Å². The first-order valence-corrected chi connectivity index (χ1v) is 9.09. The van der Waals surface area contributed by atoms with Gasteiger partial charge in [0.25, 0.3) is 0 Å². The molecule has 2 aromatic heterocycles. The highest BCUT2D eigenvalue weighted by atomic mass is 32.2. The van der Waals surface area contributed by atoms with E-state index >= 15 is 0 Å². The Kier molecular flexibility index (Phi) is 3.21.